The van der Waals surface area contributed by atoms with E-state index in [1.54, 1.807) is 12.4 Å². The van der Waals surface area contributed by atoms with Crippen molar-refractivity contribution in [1.29, 1.82) is 0 Å². The number of hydrogen-bond acceptors (Lipinski definition) is 3. The highest BCUT2D eigenvalue weighted by molar-refractivity contribution is 9.10. The lowest BCUT2D eigenvalue weighted by molar-refractivity contribution is 0.623. The maximum atomic E-state index is 13.4. The summed E-state index contributed by atoms with van der Waals surface area (Å²) in [6, 6.07) is 6.95. The lowest BCUT2D eigenvalue weighted by atomic mass is 10.3. The summed E-state index contributed by atoms with van der Waals surface area (Å²) < 4.78 is 14.0. The molecule has 16 heavy (non-hydrogen) atoms. The first-order valence-electron chi connectivity index (χ1n) is 4.70. The van der Waals surface area contributed by atoms with Gasteiger partial charge >= 0.3 is 0 Å². The fourth-order valence-corrected chi connectivity index (χ4v) is 1.52. The molecule has 0 aliphatic heterocycles. The lowest BCUT2D eigenvalue weighted by Crippen LogP contribution is -2.04. The van der Waals surface area contributed by atoms with Crippen molar-refractivity contribution in [2.45, 2.75) is 6.54 Å². The standard InChI is InChI=1S/C11H9BrFN3/c12-8-5-10(13)11(15-6-8)16-7-9-3-1-2-4-14-9/h1-6H,7H2,(H,15,16). The third-order valence-electron chi connectivity index (χ3n) is 1.97. The molecule has 0 saturated heterocycles. The highest BCUT2D eigenvalue weighted by atomic mass is 79.9. The van der Waals surface area contributed by atoms with Crippen LogP contribution in [0.5, 0.6) is 0 Å². The number of halogens is 2. The van der Waals surface area contributed by atoms with Gasteiger partial charge in [0.1, 0.15) is 0 Å². The van der Waals surface area contributed by atoms with E-state index in [-0.39, 0.29) is 11.6 Å². The molecule has 2 rings (SSSR count). The Morgan fingerprint density at radius 1 is 1.31 bits per heavy atom. The Balaban J connectivity index is 2.05. The molecule has 0 fully saturated rings. The fraction of sp³-hybridized carbons (Fsp3) is 0.0909. The molecule has 0 saturated carbocycles. The molecule has 0 aliphatic rings. The van der Waals surface area contributed by atoms with Crippen LogP contribution in [0.4, 0.5) is 10.2 Å². The van der Waals surface area contributed by atoms with Crippen molar-refractivity contribution in [2.24, 2.45) is 0 Å². The van der Waals surface area contributed by atoms with E-state index < -0.39 is 0 Å². The summed E-state index contributed by atoms with van der Waals surface area (Å²) in [7, 11) is 0. The van der Waals surface area contributed by atoms with E-state index in [1.165, 1.54) is 6.07 Å². The average molecular weight is 282 g/mol. The third-order valence-corrected chi connectivity index (χ3v) is 2.40. The molecule has 2 aromatic rings. The van der Waals surface area contributed by atoms with Gasteiger partial charge in [0.2, 0.25) is 0 Å². The van der Waals surface area contributed by atoms with Gasteiger partial charge in [0.25, 0.3) is 0 Å². The van der Waals surface area contributed by atoms with Gasteiger partial charge in [-0.1, -0.05) is 6.07 Å². The number of nitrogens with zero attached hydrogens (tertiary/aromatic N) is 2. The van der Waals surface area contributed by atoms with Crippen molar-refractivity contribution in [1.82, 2.24) is 9.97 Å². The Kier molecular flexibility index (Phi) is 3.46. The van der Waals surface area contributed by atoms with E-state index in [2.05, 4.69) is 31.2 Å². The summed E-state index contributed by atoms with van der Waals surface area (Å²) >= 11 is 3.15. The maximum Gasteiger partial charge on any atom is 0.166 e. The number of pyridine rings is 2. The molecule has 0 aromatic carbocycles. The van der Waals surface area contributed by atoms with Crippen LogP contribution in [0.2, 0.25) is 0 Å². The van der Waals surface area contributed by atoms with Crippen molar-refractivity contribution in [2.75, 3.05) is 5.32 Å². The molecule has 0 radical (unpaired) electrons. The molecule has 0 bridgehead atoms. The van der Waals surface area contributed by atoms with Crippen LogP contribution in [-0.4, -0.2) is 9.97 Å². The molecule has 5 heteroatoms. The summed E-state index contributed by atoms with van der Waals surface area (Å²) in [6.07, 6.45) is 3.24. The van der Waals surface area contributed by atoms with Crippen LogP contribution in [0, 0.1) is 5.82 Å². The molecule has 82 valence electrons. The summed E-state index contributed by atoms with van der Waals surface area (Å²) in [5.74, 6) is -0.154. The largest absolute Gasteiger partial charge is 0.362 e. The molecule has 0 amide bonds. The van der Waals surface area contributed by atoms with Gasteiger partial charge in [-0.2, -0.15) is 0 Å². The molecule has 0 spiro atoms. The molecule has 1 N–H and O–H groups in total. The maximum absolute atomic E-state index is 13.4. The van der Waals surface area contributed by atoms with E-state index >= 15 is 0 Å². The van der Waals surface area contributed by atoms with Gasteiger partial charge in [-0.3, -0.25) is 4.98 Å². The van der Waals surface area contributed by atoms with Crippen LogP contribution in [0.1, 0.15) is 5.69 Å². The van der Waals surface area contributed by atoms with Crippen molar-refractivity contribution in [3.63, 3.8) is 0 Å². The van der Waals surface area contributed by atoms with Gasteiger partial charge in [-0.25, -0.2) is 9.37 Å². The first-order chi connectivity index (χ1) is 7.75. The van der Waals surface area contributed by atoms with Gasteiger partial charge in [0, 0.05) is 16.9 Å². The first-order valence-corrected chi connectivity index (χ1v) is 5.50. The molecule has 0 aliphatic carbocycles. The zero-order chi connectivity index (χ0) is 11.4. The summed E-state index contributed by atoms with van der Waals surface area (Å²) in [4.78, 5) is 8.05. The first kappa shape index (κ1) is 11.0. The summed E-state index contributed by atoms with van der Waals surface area (Å²) in [5.41, 5.74) is 0.839. The average Bonchev–Trinajstić information content (AvgIpc) is 2.29. The van der Waals surface area contributed by atoms with Gasteiger partial charge in [0.05, 0.1) is 12.2 Å². The number of aromatic nitrogens is 2. The molecule has 0 atom stereocenters. The SMILES string of the molecule is Fc1cc(Br)cnc1NCc1ccccn1. The highest BCUT2D eigenvalue weighted by Crippen LogP contribution is 2.16. The van der Waals surface area contributed by atoms with Gasteiger partial charge < -0.3 is 5.32 Å². The van der Waals surface area contributed by atoms with E-state index in [9.17, 15) is 4.39 Å². The van der Waals surface area contributed by atoms with E-state index in [4.69, 9.17) is 0 Å². The van der Waals surface area contributed by atoms with Gasteiger partial charge in [-0.15, -0.1) is 0 Å². The number of hydrogen-bond donors (Lipinski definition) is 1. The van der Waals surface area contributed by atoms with Crippen LogP contribution in [-0.2, 0) is 6.54 Å². The second-order valence-electron chi connectivity index (χ2n) is 3.16. The Bertz CT molecular complexity index is 476. The number of anilines is 1. The fourth-order valence-electron chi connectivity index (χ4n) is 1.22. The third kappa shape index (κ3) is 2.76. The van der Waals surface area contributed by atoms with E-state index in [0.29, 0.717) is 11.0 Å². The minimum Gasteiger partial charge on any atom is -0.362 e. The number of rotatable bonds is 3. The van der Waals surface area contributed by atoms with Crippen LogP contribution in [0.15, 0.2) is 41.1 Å². The normalized spacial score (nSPS) is 10.1. The second-order valence-corrected chi connectivity index (χ2v) is 4.07. The second kappa shape index (κ2) is 5.03. The Labute approximate surface area is 101 Å². The van der Waals surface area contributed by atoms with Crippen molar-refractivity contribution < 1.29 is 4.39 Å². The molecule has 2 heterocycles. The molecule has 3 nitrogen and oxygen atoms in total. The van der Waals surface area contributed by atoms with Crippen molar-refractivity contribution in [3.8, 4) is 0 Å². The Hall–Kier alpha value is -1.49. The quantitative estimate of drug-likeness (QED) is 0.940. The lowest BCUT2D eigenvalue weighted by Gasteiger charge is -2.05. The molecular formula is C11H9BrFN3. The predicted octanol–water partition coefficient (Wildman–Crippen LogP) is 2.99. The van der Waals surface area contributed by atoms with Crippen molar-refractivity contribution >= 4 is 21.7 Å². The molecule has 0 unspecified atom stereocenters. The minimum atomic E-state index is -0.384. The monoisotopic (exact) mass is 281 g/mol. The topological polar surface area (TPSA) is 37.8 Å². The van der Waals surface area contributed by atoms with E-state index in [1.807, 2.05) is 18.2 Å². The minimum absolute atomic E-state index is 0.230. The zero-order valence-corrected chi connectivity index (χ0v) is 9.91. The summed E-state index contributed by atoms with van der Waals surface area (Å²) in [5, 5.41) is 2.89. The zero-order valence-electron chi connectivity index (χ0n) is 8.32. The van der Waals surface area contributed by atoms with Crippen LogP contribution in [0.25, 0.3) is 0 Å². The Morgan fingerprint density at radius 3 is 2.88 bits per heavy atom. The van der Waals surface area contributed by atoms with Crippen LogP contribution >= 0.6 is 15.9 Å². The number of nitrogens with one attached hydrogen (secondary N) is 1. The van der Waals surface area contributed by atoms with E-state index in [0.717, 1.165) is 5.69 Å². The molecule has 2 aromatic heterocycles. The predicted molar refractivity (Wildman–Crippen MR) is 63.5 cm³/mol. The van der Waals surface area contributed by atoms with Crippen LogP contribution in [0.3, 0.4) is 0 Å². The summed E-state index contributed by atoms with van der Waals surface area (Å²) in [6.45, 7) is 0.451. The van der Waals surface area contributed by atoms with Gasteiger partial charge in [0.15, 0.2) is 11.6 Å². The van der Waals surface area contributed by atoms with Crippen molar-refractivity contribution in [3.05, 3.63) is 52.6 Å². The highest BCUT2D eigenvalue weighted by Gasteiger charge is 2.03. The smallest absolute Gasteiger partial charge is 0.166 e. The molecular weight excluding hydrogens is 273 g/mol. The van der Waals surface area contributed by atoms with Gasteiger partial charge in [-0.05, 0) is 34.1 Å². The van der Waals surface area contributed by atoms with Crippen LogP contribution < -0.4 is 5.32 Å². The Morgan fingerprint density at radius 2 is 2.19 bits per heavy atom.